The van der Waals surface area contributed by atoms with Crippen LogP contribution in [0.5, 0.6) is 5.75 Å². The van der Waals surface area contributed by atoms with Crippen LogP contribution in [0.15, 0.2) is 108 Å². The smallest absolute Gasteiger partial charge is 0.264 e. The molecule has 2 amide bonds. The Kier molecular flexibility index (Phi) is 12.0. The quantitative estimate of drug-likeness (QED) is 0.159. The number of nitrogens with one attached hydrogen (secondary N) is 1. The molecule has 4 aromatic carbocycles. The van der Waals surface area contributed by atoms with Gasteiger partial charge in [-0.25, -0.2) is 8.42 Å². The lowest BCUT2D eigenvalue weighted by molar-refractivity contribution is -0.140. The molecule has 242 valence electrons. The summed E-state index contributed by atoms with van der Waals surface area (Å²) in [5.74, 6) is -0.192. The van der Waals surface area contributed by atoms with E-state index in [4.69, 9.17) is 4.74 Å². The molecule has 4 rings (SSSR count). The number of sulfonamides is 1. The van der Waals surface area contributed by atoms with Gasteiger partial charge < -0.3 is 15.0 Å². The van der Waals surface area contributed by atoms with E-state index in [-0.39, 0.29) is 23.8 Å². The molecule has 0 aliphatic rings. The molecular formula is C37H43N3O5S. The average Bonchev–Trinajstić information content (AvgIpc) is 3.06. The van der Waals surface area contributed by atoms with Gasteiger partial charge in [-0.05, 0) is 67.8 Å². The largest absolute Gasteiger partial charge is 0.497 e. The first kappa shape index (κ1) is 34.2. The fourth-order valence-electron chi connectivity index (χ4n) is 5.10. The summed E-state index contributed by atoms with van der Waals surface area (Å²) in [6, 6.07) is 29.5. The van der Waals surface area contributed by atoms with Gasteiger partial charge in [-0.15, -0.1) is 0 Å². The topological polar surface area (TPSA) is 96.0 Å². The minimum absolute atomic E-state index is 0.0705. The Labute approximate surface area is 273 Å². The number of hydrogen-bond acceptors (Lipinski definition) is 5. The second kappa shape index (κ2) is 16.1. The van der Waals surface area contributed by atoms with Crippen LogP contribution in [-0.4, -0.2) is 51.4 Å². The van der Waals surface area contributed by atoms with Crippen molar-refractivity contribution in [2.24, 2.45) is 0 Å². The number of nitrogens with zero attached hydrogens (tertiary/aromatic N) is 2. The molecular weight excluding hydrogens is 598 g/mol. The van der Waals surface area contributed by atoms with E-state index in [1.54, 1.807) is 43.5 Å². The van der Waals surface area contributed by atoms with Crippen LogP contribution in [0.3, 0.4) is 0 Å². The van der Waals surface area contributed by atoms with Crippen LogP contribution in [0.1, 0.15) is 42.0 Å². The van der Waals surface area contributed by atoms with Crippen LogP contribution in [0, 0.1) is 13.8 Å². The number of carbonyl (C=O) groups excluding carboxylic acids is 2. The molecule has 1 atom stereocenters. The number of hydrogen-bond donors (Lipinski definition) is 1. The number of aryl methyl sites for hydroxylation is 2. The monoisotopic (exact) mass is 641 g/mol. The number of amides is 2. The molecule has 46 heavy (non-hydrogen) atoms. The standard InChI is InChI=1S/C37H43N3O5S/c1-5-6-23-38-37(42)35(25-30-11-8-7-9-12-30)39(26-31-13-10-14-33(24-31)45-4)36(41)27-40(32-19-15-28(2)16-20-32)46(43,44)34-21-17-29(3)18-22-34/h7-22,24,35H,5-6,23,25-27H2,1-4H3,(H,38,42)/t35-/m1/s1. The van der Waals surface area contributed by atoms with Crippen molar-refractivity contribution in [2.75, 3.05) is 24.5 Å². The molecule has 0 aliphatic carbocycles. The summed E-state index contributed by atoms with van der Waals surface area (Å²) in [6.45, 7) is 5.87. The molecule has 0 fully saturated rings. The highest BCUT2D eigenvalue weighted by molar-refractivity contribution is 7.92. The van der Waals surface area contributed by atoms with Gasteiger partial charge in [0.1, 0.15) is 18.3 Å². The Hall–Kier alpha value is -4.63. The first-order valence-corrected chi connectivity index (χ1v) is 17.0. The second-order valence-electron chi connectivity index (χ2n) is 11.4. The molecule has 8 nitrogen and oxygen atoms in total. The van der Waals surface area contributed by atoms with Crippen molar-refractivity contribution in [1.82, 2.24) is 10.2 Å². The molecule has 1 N–H and O–H groups in total. The zero-order valence-corrected chi connectivity index (χ0v) is 27.8. The Balaban J connectivity index is 1.79. The molecule has 0 spiro atoms. The van der Waals surface area contributed by atoms with Crippen LogP contribution in [0.2, 0.25) is 0 Å². The Bertz CT molecular complexity index is 1690. The molecule has 0 aliphatic heterocycles. The number of rotatable bonds is 15. The van der Waals surface area contributed by atoms with E-state index in [1.165, 1.54) is 4.90 Å². The number of benzene rings is 4. The van der Waals surface area contributed by atoms with Gasteiger partial charge in [0, 0.05) is 19.5 Å². The molecule has 0 saturated carbocycles. The zero-order chi connectivity index (χ0) is 33.1. The van der Waals surface area contributed by atoms with E-state index >= 15 is 0 Å². The van der Waals surface area contributed by atoms with Crippen molar-refractivity contribution >= 4 is 27.5 Å². The highest BCUT2D eigenvalue weighted by Gasteiger charge is 2.34. The van der Waals surface area contributed by atoms with Crippen molar-refractivity contribution < 1.29 is 22.7 Å². The first-order chi connectivity index (χ1) is 22.1. The first-order valence-electron chi connectivity index (χ1n) is 15.5. The molecule has 0 aromatic heterocycles. The highest BCUT2D eigenvalue weighted by atomic mass is 32.2. The molecule has 0 radical (unpaired) electrons. The summed E-state index contributed by atoms with van der Waals surface area (Å²) >= 11 is 0. The van der Waals surface area contributed by atoms with E-state index in [0.717, 1.165) is 39.4 Å². The van der Waals surface area contributed by atoms with Gasteiger partial charge in [0.05, 0.1) is 17.7 Å². The lowest BCUT2D eigenvalue weighted by Gasteiger charge is -2.34. The minimum atomic E-state index is -4.15. The van der Waals surface area contributed by atoms with Crippen LogP contribution in [0.4, 0.5) is 5.69 Å². The van der Waals surface area contributed by atoms with Crippen LogP contribution in [-0.2, 0) is 32.6 Å². The molecule has 0 saturated heterocycles. The lowest BCUT2D eigenvalue weighted by Crippen LogP contribution is -2.53. The third-order valence-corrected chi connectivity index (χ3v) is 9.59. The Morgan fingerprint density at radius 1 is 0.826 bits per heavy atom. The minimum Gasteiger partial charge on any atom is -0.497 e. The average molecular weight is 642 g/mol. The second-order valence-corrected chi connectivity index (χ2v) is 13.2. The molecule has 0 bridgehead atoms. The van der Waals surface area contributed by atoms with Gasteiger partial charge >= 0.3 is 0 Å². The number of carbonyl (C=O) groups is 2. The van der Waals surface area contributed by atoms with Gasteiger partial charge in [-0.2, -0.15) is 0 Å². The summed E-state index contributed by atoms with van der Waals surface area (Å²) in [5.41, 5.74) is 3.85. The third kappa shape index (κ3) is 8.97. The van der Waals surface area contributed by atoms with Crippen molar-refractivity contribution in [3.05, 3.63) is 125 Å². The van der Waals surface area contributed by atoms with E-state index in [2.05, 4.69) is 5.32 Å². The molecule has 0 heterocycles. The van der Waals surface area contributed by atoms with Crippen molar-refractivity contribution in [3.63, 3.8) is 0 Å². The summed E-state index contributed by atoms with van der Waals surface area (Å²) in [4.78, 5) is 30.0. The van der Waals surface area contributed by atoms with Crippen LogP contribution < -0.4 is 14.4 Å². The maximum absolute atomic E-state index is 14.6. The SMILES string of the molecule is CCCCNC(=O)[C@@H](Cc1ccccc1)N(Cc1cccc(OC)c1)C(=O)CN(c1ccc(C)cc1)S(=O)(=O)c1ccc(C)cc1. The van der Waals surface area contributed by atoms with E-state index in [1.807, 2.05) is 87.5 Å². The lowest BCUT2D eigenvalue weighted by atomic mass is 10.0. The van der Waals surface area contributed by atoms with E-state index in [0.29, 0.717) is 18.0 Å². The van der Waals surface area contributed by atoms with Crippen molar-refractivity contribution in [2.45, 2.75) is 57.5 Å². The maximum atomic E-state index is 14.6. The van der Waals surface area contributed by atoms with Crippen LogP contribution in [0.25, 0.3) is 0 Å². The molecule has 4 aromatic rings. The fraction of sp³-hybridized carbons (Fsp3) is 0.297. The highest BCUT2D eigenvalue weighted by Crippen LogP contribution is 2.26. The van der Waals surface area contributed by atoms with Gasteiger partial charge in [0.15, 0.2) is 0 Å². The van der Waals surface area contributed by atoms with E-state index in [9.17, 15) is 18.0 Å². The third-order valence-electron chi connectivity index (χ3n) is 7.80. The van der Waals surface area contributed by atoms with Crippen LogP contribution >= 0.6 is 0 Å². The normalized spacial score (nSPS) is 11.8. The Morgan fingerprint density at radius 2 is 1.46 bits per heavy atom. The number of methoxy groups -OCH3 is 1. The predicted molar refractivity (Wildman–Crippen MR) is 182 cm³/mol. The van der Waals surface area contributed by atoms with Crippen molar-refractivity contribution in [3.8, 4) is 5.75 Å². The fourth-order valence-corrected chi connectivity index (χ4v) is 6.52. The summed E-state index contributed by atoms with van der Waals surface area (Å²) in [5, 5.41) is 3.01. The zero-order valence-electron chi connectivity index (χ0n) is 27.0. The molecule has 9 heteroatoms. The summed E-state index contributed by atoms with van der Waals surface area (Å²) < 4.78 is 34.9. The Morgan fingerprint density at radius 3 is 2.09 bits per heavy atom. The van der Waals surface area contributed by atoms with Gasteiger partial charge in [0.2, 0.25) is 11.8 Å². The summed E-state index contributed by atoms with van der Waals surface area (Å²) in [6.07, 6.45) is 1.95. The maximum Gasteiger partial charge on any atom is 0.264 e. The van der Waals surface area contributed by atoms with Crippen molar-refractivity contribution in [1.29, 1.82) is 0 Å². The van der Waals surface area contributed by atoms with Gasteiger partial charge in [-0.3, -0.25) is 13.9 Å². The predicted octanol–water partition coefficient (Wildman–Crippen LogP) is 6.06. The van der Waals surface area contributed by atoms with Gasteiger partial charge in [-0.1, -0.05) is 91.2 Å². The number of unbranched alkanes of at least 4 members (excludes halogenated alkanes) is 1. The molecule has 0 unspecified atom stereocenters. The number of ether oxygens (including phenoxy) is 1. The van der Waals surface area contributed by atoms with E-state index < -0.39 is 28.5 Å². The number of anilines is 1. The summed E-state index contributed by atoms with van der Waals surface area (Å²) in [7, 11) is -2.59. The van der Waals surface area contributed by atoms with Gasteiger partial charge in [0.25, 0.3) is 10.0 Å².